The average molecular weight is 327 g/mol. The molecule has 0 aliphatic carbocycles. The minimum absolute atomic E-state index is 0.220. The van der Waals surface area contributed by atoms with Gasteiger partial charge in [-0.1, -0.05) is 0 Å². The second-order valence-corrected chi connectivity index (χ2v) is 8.08. The molecule has 3 rings (SSSR count). The monoisotopic (exact) mass is 326 g/mol. The Hall–Kier alpha value is -0.460. The van der Waals surface area contributed by atoms with E-state index in [-0.39, 0.29) is 5.54 Å². The van der Waals surface area contributed by atoms with Crippen molar-refractivity contribution in [2.45, 2.75) is 56.4 Å². The normalized spacial score (nSPS) is 38.0. The summed E-state index contributed by atoms with van der Waals surface area (Å²) in [5.74, 6) is 3.39. The van der Waals surface area contributed by atoms with Gasteiger partial charge in [0.15, 0.2) is 5.96 Å². The van der Waals surface area contributed by atoms with Crippen LogP contribution in [0.4, 0.5) is 0 Å². The van der Waals surface area contributed by atoms with Crippen LogP contribution in [0.25, 0.3) is 0 Å². The Morgan fingerprint density at radius 3 is 2.82 bits per heavy atom. The van der Waals surface area contributed by atoms with Gasteiger partial charge in [-0.25, -0.2) is 0 Å². The topological polar surface area (TPSA) is 48.9 Å². The first-order valence-electron chi connectivity index (χ1n) is 8.58. The van der Waals surface area contributed by atoms with E-state index in [2.05, 4.69) is 36.6 Å². The van der Waals surface area contributed by atoms with E-state index in [1.54, 1.807) is 0 Å². The van der Waals surface area contributed by atoms with Crippen LogP contribution in [0.1, 0.15) is 32.6 Å². The summed E-state index contributed by atoms with van der Waals surface area (Å²) in [6.45, 7) is 3.89. The summed E-state index contributed by atoms with van der Waals surface area (Å²) in [6.07, 6.45) is 5.65. The van der Waals surface area contributed by atoms with E-state index in [0.29, 0.717) is 18.2 Å². The number of fused-ring (bicyclic) bond motifs is 2. The van der Waals surface area contributed by atoms with Gasteiger partial charge < -0.3 is 20.3 Å². The first-order valence-corrected chi connectivity index (χ1v) is 9.74. The number of aliphatic imine (C=N–C) groups is 1. The molecule has 2 bridgehead atoms. The van der Waals surface area contributed by atoms with Gasteiger partial charge >= 0.3 is 0 Å². The number of ether oxygens (including phenoxy) is 1. The second-order valence-electron chi connectivity index (χ2n) is 6.98. The number of nitrogens with zero attached hydrogens (tertiary/aromatic N) is 2. The molecule has 4 unspecified atom stereocenters. The molecule has 0 aromatic carbocycles. The van der Waals surface area contributed by atoms with Crippen LogP contribution in [-0.4, -0.2) is 73.3 Å². The maximum atomic E-state index is 5.94. The number of thioether (sulfide) groups is 1. The van der Waals surface area contributed by atoms with Gasteiger partial charge in [0.2, 0.25) is 0 Å². The fraction of sp³-hybridized carbons (Fsp3) is 0.938. The number of hydrogen-bond donors (Lipinski definition) is 2. The molecule has 2 N–H and O–H groups in total. The average Bonchev–Trinajstić information content (AvgIpc) is 3.22. The predicted molar refractivity (Wildman–Crippen MR) is 93.8 cm³/mol. The summed E-state index contributed by atoms with van der Waals surface area (Å²) in [5, 5.41) is 7.02. The van der Waals surface area contributed by atoms with Crippen molar-refractivity contribution in [2.24, 2.45) is 4.99 Å². The van der Waals surface area contributed by atoms with Crippen LogP contribution in [0.5, 0.6) is 0 Å². The van der Waals surface area contributed by atoms with Crippen LogP contribution >= 0.6 is 11.8 Å². The third kappa shape index (κ3) is 3.39. The van der Waals surface area contributed by atoms with Gasteiger partial charge in [-0.2, -0.15) is 11.8 Å². The number of guanidine groups is 1. The molecule has 6 heteroatoms. The maximum absolute atomic E-state index is 5.94. The predicted octanol–water partition coefficient (Wildman–Crippen LogP) is 1.30. The fourth-order valence-electron chi connectivity index (χ4n) is 3.73. The highest BCUT2D eigenvalue weighted by atomic mass is 32.2. The van der Waals surface area contributed by atoms with E-state index in [1.165, 1.54) is 30.8 Å². The minimum atomic E-state index is 0.220. The molecule has 0 amide bonds. The van der Waals surface area contributed by atoms with Crippen molar-refractivity contribution in [1.29, 1.82) is 0 Å². The summed E-state index contributed by atoms with van der Waals surface area (Å²) in [5.41, 5.74) is 0.220. The Kier molecular flexibility index (Phi) is 5.20. The molecule has 3 heterocycles. The van der Waals surface area contributed by atoms with Crippen LogP contribution in [0.15, 0.2) is 4.99 Å². The Balaban J connectivity index is 1.62. The molecule has 0 spiro atoms. The SMILES string of the molecule is CCNC(=NCC1(N(C)C)CCSC1)NC1CC2CCC1O2. The Morgan fingerprint density at radius 2 is 2.27 bits per heavy atom. The standard InChI is InChI=1S/C16H30N4OS/c1-4-17-15(19-13-9-12-5-6-14(13)21-12)18-10-16(20(2)3)7-8-22-11-16/h12-14H,4-11H2,1-3H3,(H2,17,18,19). The fourth-order valence-corrected chi connectivity index (χ4v) is 5.27. The number of hydrogen-bond acceptors (Lipinski definition) is 4. The molecular formula is C16H30N4OS. The van der Waals surface area contributed by atoms with Gasteiger partial charge in [0.1, 0.15) is 0 Å². The van der Waals surface area contributed by atoms with E-state index >= 15 is 0 Å². The van der Waals surface area contributed by atoms with Crippen LogP contribution in [-0.2, 0) is 4.74 Å². The quantitative estimate of drug-likeness (QED) is 0.589. The lowest BCUT2D eigenvalue weighted by Gasteiger charge is -2.34. The molecule has 126 valence electrons. The Bertz CT molecular complexity index is 409. The van der Waals surface area contributed by atoms with Crippen molar-refractivity contribution in [3.05, 3.63) is 0 Å². The summed E-state index contributed by atoms with van der Waals surface area (Å²) in [7, 11) is 4.37. The zero-order valence-electron chi connectivity index (χ0n) is 14.1. The van der Waals surface area contributed by atoms with Crippen molar-refractivity contribution in [3.8, 4) is 0 Å². The highest BCUT2D eigenvalue weighted by Crippen LogP contribution is 2.34. The zero-order chi connectivity index (χ0) is 15.6. The summed E-state index contributed by atoms with van der Waals surface area (Å²) >= 11 is 2.05. The van der Waals surface area contributed by atoms with Gasteiger partial charge in [-0.3, -0.25) is 4.99 Å². The van der Waals surface area contributed by atoms with Crippen LogP contribution < -0.4 is 10.6 Å². The summed E-state index contributed by atoms with van der Waals surface area (Å²) in [6, 6.07) is 0.435. The van der Waals surface area contributed by atoms with Crippen LogP contribution in [0, 0.1) is 0 Å². The van der Waals surface area contributed by atoms with Gasteiger partial charge in [0, 0.05) is 17.8 Å². The molecule has 0 radical (unpaired) electrons. The highest BCUT2D eigenvalue weighted by Gasteiger charge is 2.41. The largest absolute Gasteiger partial charge is 0.373 e. The van der Waals surface area contributed by atoms with Crippen molar-refractivity contribution < 1.29 is 4.74 Å². The molecule has 22 heavy (non-hydrogen) atoms. The first kappa shape index (κ1) is 16.4. The first-order chi connectivity index (χ1) is 10.6. The second kappa shape index (κ2) is 6.97. The number of nitrogens with one attached hydrogen (secondary N) is 2. The zero-order valence-corrected chi connectivity index (χ0v) is 14.9. The third-order valence-corrected chi connectivity index (χ3v) is 6.57. The number of rotatable bonds is 5. The number of likely N-dealkylation sites (N-methyl/N-ethyl adjacent to an activating group) is 1. The maximum Gasteiger partial charge on any atom is 0.191 e. The lowest BCUT2D eigenvalue weighted by molar-refractivity contribution is 0.0992. The molecule has 0 aromatic heterocycles. The summed E-state index contributed by atoms with van der Waals surface area (Å²) in [4.78, 5) is 7.28. The highest BCUT2D eigenvalue weighted by molar-refractivity contribution is 7.99. The van der Waals surface area contributed by atoms with E-state index in [0.717, 1.165) is 25.5 Å². The lowest BCUT2D eigenvalue weighted by atomic mass is 9.95. The van der Waals surface area contributed by atoms with E-state index in [1.807, 2.05) is 11.8 Å². The van der Waals surface area contributed by atoms with E-state index in [9.17, 15) is 0 Å². The van der Waals surface area contributed by atoms with Crippen molar-refractivity contribution >= 4 is 17.7 Å². The van der Waals surface area contributed by atoms with Crippen molar-refractivity contribution in [2.75, 3.05) is 38.7 Å². The van der Waals surface area contributed by atoms with E-state index in [4.69, 9.17) is 9.73 Å². The third-order valence-electron chi connectivity index (χ3n) is 5.34. The molecule has 5 nitrogen and oxygen atoms in total. The molecule has 3 aliphatic rings. The van der Waals surface area contributed by atoms with Gasteiger partial charge in [-0.15, -0.1) is 0 Å². The molecule has 3 fully saturated rings. The lowest BCUT2D eigenvalue weighted by Crippen LogP contribution is -2.50. The Labute approximate surface area is 138 Å². The van der Waals surface area contributed by atoms with Gasteiger partial charge in [0.05, 0.1) is 24.8 Å². The van der Waals surface area contributed by atoms with Crippen LogP contribution in [0.3, 0.4) is 0 Å². The van der Waals surface area contributed by atoms with Crippen molar-refractivity contribution in [3.63, 3.8) is 0 Å². The molecule has 0 saturated carbocycles. The molecule has 3 aliphatic heterocycles. The molecular weight excluding hydrogens is 296 g/mol. The summed E-state index contributed by atoms with van der Waals surface area (Å²) < 4.78 is 5.94. The smallest absolute Gasteiger partial charge is 0.191 e. The molecule has 4 atom stereocenters. The van der Waals surface area contributed by atoms with Gasteiger partial charge in [-0.05, 0) is 52.5 Å². The minimum Gasteiger partial charge on any atom is -0.373 e. The molecule has 0 aromatic rings. The van der Waals surface area contributed by atoms with Crippen LogP contribution in [0.2, 0.25) is 0 Å². The van der Waals surface area contributed by atoms with Gasteiger partial charge in [0.25, 0.3) is 0 Å². The Morgan fingerprint density at radius 1 is 1.41 bits per heavy atom. The van der Waals surface area contributed by atoms with Crippen molar-refractivity contribution in [1.82, 2.24) is 15.5 Å². The van der Waals surface area contributed by atoms with E-state index < -0.39 is 0 Å². The molecule has 3 saturated heterocycles.